The minimum Gasteiger partial charge on any atom is -0.442 e. The lowest BCUT2D eigenvalue weighted by molar-refractivity contribution is -0.144. The van der Waals surface area contributed by atoms with E-state index in [2.05, 4.69) is 5.32 Å². The van der Waals surface area contributed by atoms with E-state index in [1.807, 2.05) is 0 Å². The zero-order valence-electron chi connectivity index (χ0n) is 22.5. The molecule has 2 saturated heterocycles. The Labute approximate surface area is 207 Å². The van der Waals surface area contributed by atoms with Crippen molar-refractivity contribution >= 4 is 52.2 Å². The molecule has 0 aliphatic carbocycles. The quantitative estimate of drug-likeness (QED) is 0.679. The van der Waals surface area contributed by atoms with Crippen molar-refractivity contribution in [1.29, 1.82) is 0 Å². The summed E-state index contributed by atoms with van der Waals surface area (Å²) in [6, 6.07) is 6.29. The van der Waals surface area contributed by atoms with E-state index in [1.54, 1.807) is 26.0 Å². The van der Waals surface area contributed by atoms with Crippen molar-refractivity contribution in [2.75, 3.05) is 35.9 Å². The molecule has 0 spiro atoms. The van der Waals surface area contributed by atoms with Gasteiger partial charge in [-0.15, -0.1) is 11.3 Å². The molecule has 33 heavy (non-hydrogen) atoms. The van der Waals surface area contributed by atoms with Crippen molar-refractivity contribution in [2.45, 2.75) is 39.4 Å². The maximum atomic E-state index is 13.1. The van der Waals surface area contributed by atoms with Gasteiger partial charge in [-0.05, 0) is 63.1 Å². The fourth-order valence-electron chi connectivity index (χ4n) is 3.58. The molecule has 2 aliphatic rings. The van der Waals surface area contributed by atoms with Crippen molar-refractivity contribution in [1.82, 2.24) is 5.32 Å². The van der Waals surface area contributed by atoms with Crippen molar-refractivity contribution in [3.63, 3.8) is 0 Å². The van der Waals surface area contributed by atoms with Crippen molar-refractivity contribution in [3.8, 4) is 0 Å². The predicted octanol–water partition coefficient (Wildman–Crippen LogP) is 3.92. The largest absolute Gasteiger partial charge is 0.442 e. The van der Waals surface area contributed by atoms with Gasteiger partial charge in [0, 0.05) is 17.9 Å². The number of carbonyl (C=O) groups is 3. The molecule has 10 heteroatoms. The molecule has 0 bridgehead atoms. The van der Waals surface area contributed by atoms with Gasteiger partial charge < -0.3 is 19.7 Å². The number of hydrogen-bond donors (Lipinski definition) is 1. The minimum atomic E-state index is -2.78. The maximum absolute atomic E-state index is 13.1. The number of aryl methyl sites for hydroxylation is 2. The third kappa shape index (κ3) is 4.71. The van der Waals surface area contributed by atoms with E-state index < -0.39 is 36.8 Å². The Morgan fingerprint density at radius 3 is 2.70 bits per heavy atom. The number of hydrogen-bond acceptors (Lipinski definition) is 6. The van der Waals surface area contributed by atoms with Gasteiger partial charge in [0.1, 0.15) is 11.7 Å². The van der Waals surface area contributed by atoms with Gasteiger partial charge in [0.2, 0.25) is 0 Å². The van der Waals surface area contributed by atoms with Crippen molar-refractivity contribution < 1.29 is 29.3 Å². The topological polar surface area (TPSA) is 88.2 Å². The van der Waals surface area contributed by atoms with Crippen molar-refractivity contribution in [3.05, 3.63) is 44.6 Å². The summed E-state index contributed by atoms with van der Waals surface area (Å²) in [6.07, 6.45) is -1.22. The van der Waals surface area contributed by atoms with Crippen LogP contribution in [-0.4, -0.2) is 55.8 Å². The molecular formula is C23H26ClN3O5S. The highest BCUT2D eigenvalue weighted by atomic mass is 35.5. The molecule has 3 heterocycles. The van der Waals surface area contributed by atoms with Gasteiger partial charge >= 0.3 is 6.09 Å². The number of rotatable bonds is 5. The van der Waals surface area contributed by atoms with Crippen LogP contribution in [0.2, 0.25) is 4.34 Å². The molecule has 1 aromatic heterocycles. The van der Waals surface area contributed by atoms with Crippen LogP contribution in [-0.2, 0) is 14.3 Å². The first-order valence-electron chi connectivity index (χ1n) is 12.2. The van der Waals surface area contributed by atoms with Crippen LogP contribution in [0.1, 0.15) is 40.1 Å². The first-order valence-corrected chi connectivity index (χ1v) is 11.4. The number of amides is 3. The summed E-state index contributed by atoms with van der Waals surface area (Å²) in [5.74, 6) is -1.04. The molecule has 1 N–H and O–H groups in total. The number of ether oxygens (including phenoxy) is 2. The van der Waals surface area contributed by atoms with Crippen LogP contribution < -0.4 is 15.1 Å². The summed E-state index contributed by atoms with van der Waals surface area (Å²) in [6.45, 7) is 0.888. The number of halogens is 1. The normalized spacial score (nSPS) is 25.1. The number of cyclic esters (lactones) is 1. The fraction of sp³-hybridized carbons (Fsp3) is 0.435. The smallest absolute Gasteiger partial charge is 0.414 e. The summed E-state index contributed by atoms with van der Waals surface area (Å²) in [7, 11) is 0. The van der Waals surface area contributed by atoms with Gasteiger partial charge in [-0.25, -0.2) is 4.79 Å². The summed E-state index contributed by atoms with van der Waals surface area (Å²) in [5, 5.41) is 2.76. The van der Waals surface area contributed by atoms with E-state index in [1.165, 1.54) is 42.2 Å². The molecule has 2 fully saturated rings. The summed E-state index contributed by atoms with van der Waals surface area (Å²) >= 11 is 7.13. The van der Waals surface area contributed by atoms with Gasteiger partial charge in [-0.1, -0.05) is 11.6 Å². The Morgan fingerprint density at radius 1 is 1.27 bits per heavy atom. The highest BCUT2D eigenvalue weighted by Crippen LogP contribution is 2.31. The number of anilines is 2. The van der Waals surface area contributed by atoms with Crippen LogP contribution >= 0.6 is 22.9 Å². The predicted molar refractivity (Wildman–Crippen MR) is 128 cm³/mol. The first-order chi connectivity index (χ1) is 17.0. The van der Waals surface area contributed by atoms with E-state index in [0.29, 0.717) is 20.5 Å². The number of nitrogens with one attached hydrogen (secondary N) is 1. The highest BCUT2D eigenvalue weighted by Gasteiger charge is 2.38. The fourth-order valence-corrected chi connectivity index (χ4v) is 4.79. The third-order valence-corrected chi connectivity index (χ3v) is 6.74. The number of benzene rings is 1. The maximum Gasteiger partial charge on any atom is 0.414 e. The van der Waals surface area contributed by atoms with E-state index in [4.69, 9.17) is 26.6 Å². The number of carbonyl (C=O) groups excluding carboxylic acids is 3. The average molecular weight is 496 g/mol. The Balaban J connectivity index is 1.51. The summed E-state index contributed by atoms with van der Waals surface area (Å²) in [4.78, 5) is 40.7. The van der Waals surface area contributed by atoms with Crippen LogP contribution in [0.4, 0.5) is 16.2 Å². The average Bonchev–Trinajstić information content (AvgIpc) is 3.32. The van der Waals surface area contributed by atoms with Crippen LogP contribution in [0.15, 0.2) is 24.3 Å². The molecular weight excluding hydrogens is 466 g/mol. The van der Waals surface area contributed by atoms with Crippen LogP contribution in [0, 0.1) is 13.8 Å². The lowest BCUT2D eigenvalue weighted by Crippen LogP contribution is -2.53. The van der Waals surface area contributed by atoms with Gasteiger partial charge in [-0.3, -0.25) is 14.5 Å². The Bertz CT molecular complexity index is 1290. The Morgan fingerprint density at radius 2 is 2.03 bits per heavy atom. The standard InChI is InChI=1S/C23H26ClN3O5S/c1-13-9-15(5-6-17(13)26-7-8-31-23(3,4)21(26)29)27-12-16(32-22(27)30)11-25-20(28)19-14(2)10-18(24)33-19/h5-6,9-10,16H,7-8,11-12H2,1-4H3,(H,25,28)/t16-/m0/s1/i7D2,8D2. The third-order valence-electron chi connectivity index (χ3n) is 5.37. The Hall–Kier alpha value is -2.62. The molecule has 1 aromatic carbocycles. The molecule has 0 unspecified atom stereocenters. The molecule has 3 amide bonds. The van der Waals surface area contributed by atoms with Gasteiger partial charge in [0.15, 0.2) is 0 Å². The Kier molecular flexibility index (Phi) is 5.10. The summed E-state index contributed by atoms with van der Waals surface area (Å²) in [5.41, 5.74) is 0.208. The summed E-state index contributed by atoms with van der Waals surface area (Å²) < 4.78 is 43.8. The number of morpholine rings is 1. The van der Waals surface area contributed by atoms with Crippen LogP contribution in [0.3, 0.4) is 0 Å². The van der Waals surface area contributed by atoms with E-state index in [-0.39, 0.29) is 24.7 Å². The molecule has 4 rings (SSSR count). The molecule has 0 radical (unpaired) electrons. The minimum absolute atomic E-state index is 0.0970. The molecule has 176 valence electrons. The van der Waals surface area contributed by atoms with E-state index in [9.17, 15) is 14.4 Å². The number of thiophene rings is 1. The monoisotopic (exact) mass is 495 g/mol. The van der Waals surface area contributed by atoms with Gasteiger partial charge in [-0.2, -0.15) is 0 Å². The highest BCUT2D eigenvalue weighted by molar-refractivity contribution is 7.18. The van der Waals surface area contributed by atoms with Crippen LogP contribution in [0.5, 0.6) is 0 Å². The first kappa shape index (κ1) is 18.8. The van der Waals surface area contributed by atoms with E-state index in [0.717, 1.165) is 10.5 Å². The molecule has 2 aromatic rings. The molecule has 8 nitrogen and oxygen atoms in total. The SMILES string of the molecule is [2H]C1([2H])OC(C)(C)C(=O)N(c2ccc(N3C[C@H](CNC(=O)c4sc(Cl)cc4C)OC3=O)cc2C)C1([2H])[2H]. The molecule has 1 atom stereocenters. The lowest BCUT2D eigenvalue weighted by Gasteiger charge is -2.38. The second kappa shape index (κ2) is 8.96. The number of nitrogens with zero attached hydrogens (tertiary/aromatic N) is 2. The van der Waals surface area contributed by atoms with Gasteiger partial charge in [0.05, 0.1) is 34.3 Å². The van der Waals surface area contributed by atoms with Gasteiger partial charge in [0.25, 0.3) is 11.8 Å². The second-order valence-electron chi connectivity index (χ2n) is 8.33. The zero-order chi connectivity index (χ0) is 27.5. The van der Waals surface area contributed by atoms with Crippen molar-refractivity contribution in [2.24, 2.45) is 0 Å². The van der Waals surface area contributed by atoms with Crippen LogP contribution in [0.25, 0.3) is 0 Å². The molecule has 0 saturated carbocycles. The second-order valence-corrected chi connectivity index (χ2v) is 10.0. The molecule has 2 aliphatic heterocycles. The zero-order valence-corrected chi connectivity index (χ0v) is 20.1. The lowest BCUT2D eigenvalue weighted by atomic mass is 10.0. The van der Waals surface area contributed by atoms with E-state index >= 15 is 0 Å².